The lowest BCUT2D eigenvalue weighted by atomic mass is 9.91. The number of nitrogens with two attached hydrogens (primary N) is 1. The Labute approximate surface area is 111 Å². The SMILES string of the molecule is CCC(CC)(NC(=O)Cc1cccs1)/C(N)=N/O. The van der Waals surface area contributed by atoms with Gasteiger partial charge in [-0.1, -0.05) is 25.1 Å². The highest BCUT2D eigenvalue weighted by atomic mass is 32.1. The molecule has 4 N–H and O–H groups in total. The molecule has 1 aromatic heterocycles. The van der Waals surface area contributed by atoms with E-state index in [4.69, 9.17) is 10.9 Å². The Morgan fingerprint density at radius 1 is 1.56 bits per heavy atom. The van der Waals surface area contributed by atoms with Gasteiger partial charge in [-0.3, -0.25) is 4.79 Å². The molecule has 0 saturated carbocycles. The summed E-state index contributed by atoms with van der Waals surface area (Å²) < 4.78 is 0. The molecule has 1 heterocycles. The van der Waals surface area contributed by atoms with Gasteiger partial charge in [0.1, 0.15) is 5.54 Å². The summed E-state index contributed by atoms with van der Waals surface area (Å²) in [4.78, 5) is 13.0. The van der Waals surface area contributed by atoms with Gasteiger partial charge >= 0.3 is 0 Å². The highest BCUT2D eigenvalue weighted by Crippen LogP contribution is 2.16. The molecule has 0 bridgehead atoms. The minimum absolute atomic E-state index is 0.0482. The van der Waals surface area contributed by atoms with Crippen molar-refractivity contribution in [2.24, 2.45) is 10.9 Å². The van der Waals surface area contributed by atoms with Gasteiger partial charge in [0.2, 0.25) is 5.91 Å². The third-order valence-electron chi connectivity index (χ3n) is 3.10. The second-order valence-corrected chi connectivity index (χ2v) is 5.11. The fourth-order valence-corrected chi connectivity index (χ4v) is 2.53. The van der Waals surface area contributed by atoms with Crippen LogP contribution in [0.25, 0.3) is 0 Å². The molecule has 1 amide bonds. The molecule has 0 spiro atoms. The fraction of sp³-hybridized carbons (Fsp3) is 0.500. The number of hydrogen-bond acceptors (Lipinski definition) is 4. The van der Waals surface area contributed by atoms with Crippen molar-refractivity contribution in [2.45, 2.75) is 38.6 Å². The molecule has 6 heteroatoms. The standard InChI is InChI=1S/C12H19N3O2S/c1-3-12(4-2,11(13)15-17)14-10(16)8-9-6-5-7-18-9/h5-7,17H,3-4,8H2,1-2H3,(H2,13,15)(H,14,16). The zero-order valence-electron chi connectivity index (χ0n) is 10.6. The van der Waals surface area contributed by atoms with Crippen molar-refractivity contribution in [3.63, 3.8) is 0 Å². The minimum Gasteiger partial charge on any atom is -0.409 e. The highest BCUT2D eigenvalue weighted by Gasteiger charge is 2.33. The first-order valence-corrected chi connectivity index (χ1v) is 6.77. The van der Waals surface area contributed by atoms with Gasteiger partial charge in [-0.05, 0) is 24.3 Å². The summed E-state index contributed by atoms with van der Waals surface area (Å²) in [5, 5.41) is 16.7. The molecule has 0 unspecified atom stereocenters. The number of carbonyl (C=O) groups is 1. The zero-order valence-corrected chi connectivity index (χ0v) is 11.5. The number of amides is 1. The molecule has 0 aromatic carbocycles. The number of rotatable bonds is 6. The Bertz CT molecular complexity index is 411. The summed E-state index contributed by atoms with van der Waals surface area (Å²) in [5.41, 5.74) is 4.92. The predicted molar refractivity (Wildman–Crippen MR) is 72.9 cm³/mol. The van der Waals surface area contributed by atoms with Gasteiger partial charge in [0.25, 0.3) is 0 Å². The van der Waals surface area contributed by atoms with Gasteiger partial charge in [0.05, 0.1) is 6.42 Å². The Balaban J connectivity index is 2.75. The molecule has 0 aliphatic rings. The van der Waals surface area contributed by atoms with Crippen LogP contribution in [0.4, 0.5) is 0 Å². The maximum Gasteiger partial charge on any atom is 0.226 e. The third kappa shape index (κ3) is 3.22. The largest absolute Gasteiger partial charge is 0.409 e. The van der Waals surface area contributed by atoms with Crippen molar-refractivity contribution < 1.29 is 10.0 Å². The van der Waals surface area contributed by atoms with E-state index in [0.29, 0.717) is 19.3 Å². The molecule has 18 heavy (non-hydrogen) atoms. The van der Waals surface area contributed by atoms with Gasteiger partial charge in [0, 0.05) is 4.88 Å². The molecule has 0 aliphatic heterocycles. The average molecular weight is 269 g/mol. The van der Waals surface area contributed by atoms with Gasteiger partial charge in [-0.15, -0.1) is 11.3 Å². The summed E-state index contributed by atoms with van der Waals surface area (Å²) in [7, 11) is 0. The van der Waals surface area contributed by atoms with E-state index in [0.717, 1.165) is 4.88 Å². The quantitative estimate of drug-likeness (QED) is 0.318. The monoisotopic (exact) mass is 269 g/mol. The number of nitrogens with zero attached hydrogens (tertiary/aromatic N) is 1. The Hall–Kier alpha value is -1.56. The number of amidine groups is 1. The van der Waals surface area contributed by atoms with E-state index < -0.39 is 5.54 Å². The molecule has 0 atom stereocenters. The molecule has 100 valence electrons. The van der Waals surface area contributed by atoms with E-state index in [1.54, 1.807) is 0 Å². The van der Waals surface area contributed by atoms with Crippen LogP contribution in [0.15, 0.2) is 22.7 Å². The maximum absolute atomic E-state index is 12.0. The van der Waals surface area contributed by atoms with Crippen LogP contribution in [0.3, 0.4) is 0 Å². The Kier molecular flexibility index (Phi) is 5.15. The molecule has 0 aliphatic carbocycles. The molecule has 0 saturated heterocycles. The van der Waals surface area contributed by atoms with Crippen LogP contribution in [0.5, 0.6) is 0 Å². The van der Waals surface area contributed by atoms with Gasteiger partial charge < -0.3 is 16.3 Å². The second-order valence-electron chi connectivity index (χ2n) is 4.08. The summed E-state index contributed by atoms with van der Waals surface area (Å²) in [5.74, 6) is -0.0696. The van der Waals surface area contributed by atoms with Crippen molar-refractivity contribution in [3.05, 3.63) is 22.4 Å². The van der Waals surface area contributed by atoms with Gasteiger partial charge in [-0.25, -0.2) is 0 Å². The van der Waals surface area contributed by atoms with E-state index >= 15 is 0 Å². The summed E-state index contributed by atoms with van der Waals surface area (Å²) in [6.45, 7) is 3.79. The zero-order chi connectivity index (χ0) is 13.6. The lowest BCUT2D eigenvalue weighted by Crippen LogP contribution is -2.57. The first kappa shape index (κ1) is 14.5. The number of oxime groups is 1. The number of hydrogen-bond donors (Lipinski definition) is 3. The maximum atomic E-state index is 12.0. The van der Waals surface area contributed by atoms with Crippen LogP contribution in [0.2, 0.25) is 0 Å². The summed E-state index contributed by atoms with van der Waals surface area (Å²) in [6, 6.07) is 3.82. The van der Waals surface area contributed by atoms with Crippen LogP contribution in [-0.4, -0.2) is 22.5 Å². The van der Waals surface area contributed by atoms with Crippen LogP contribution in [0.1, 0.15) is 31.6 Å². The summed E-state index contributed by atoms with van der Waals surface area (Å²) in [6.07, 6.45) is 1.48. The van der Waals surface area contributed by atoms with Crippen LogP contribution < -0.4 is 11.1 Å². The second kappa shape index (κ2) is 6.39. The van der Waals surface area contributed by atoms with E-state index in [2.05, 4.69) is 10.5 Å². The molecule has 1 rings (SSSR count). The lowest BCUT2D eigenvalue weighted by Gasteiger charge is -2.31. The predicted octanol–water partition coefficient (Wildman–Crippen LogP) is 1.71. The normalized spacial score (nSPS) is 12.4. The van der Waals surface area contributed by atoms with Crippen molar-refractivity contribution in [1.82, 2.24) is 5.32 Å². The van der Waals surface area contributed by atoms with Crippen molar-refractivity contribution in [1.29, 1.82) is 0 Å². The van der Waals surface area contributed by atoms with Crippen molar-refractivity contribution in [2.75, 3.05) is 0 Å². The molecule has 0 fully saturated rings. The minimum atomic E-state index is -0.761. The smallest absolute Gasteiger partial charge is 0.226 e. The van der Waals surface area contributed by atoms with Crippen molar-refractivity contribution >= 4 is 23.1 Å². The highest BCUT2D eigenvalue weighted by molar-refractivity contribution is 7.10. The Morgan fingerprint density at radius 2 is 2.22 bits per heavy atom. The van der Waals surface area contributed by atoms with Crippen LogP contribution >= 0.6 is 11.3 Å². The lowest BCUT2D eigenvalue weighted by molar-refractivity contribution is -0.121. The van der Waals surface area contributed by atoms with Gasteiger partial charge in [-0.2, -0.15) is 0 Å². The van der Waals surface area contributed by atoms with Crippen LogP contribution in [-0.2, 0) is 11.2 Å². The topological polar surface area (TPSA) is 87.7 Å². The molecule has 0 radical (unpaired) electrons. The first-order chi connectivity index (χ1) is 8.57. The van der Waals surface area contributed by atoms with Crippen LogP contribution in [0, 0.1) is 0 Å². The number of thiophene rings is 1. The molecular formula is C12H19N3O2S. The number of nitrogens with one attached hydrogen (secondary N) is 1. The third-order valence-corrected chi connectivity index (χ3v) is 3.98. The molecule has 1 aromatic rings. The van der Waals surface area contributed by atoms with E-state index in [1.165, 1.54) is 11.3 Å². The van der Waals surface area contributed by atoms with Crippen molar-refractivity contribution in [3.8, 4) is 0 Å². The van der Waals surface area contributed by atoms with E-state index in [9.17, 15) is 4.79 Å². The summed E-state index contributed by atoms with van der Waals surface area (Å²) >= 11 is 1.53. The van der Waals surface area contributed by atoms with E-state index in [-0.39, 0.29) is 11.7 Å². The molecule has 5 nitrogen and oxygen atoms in total. The van der Waals surface area contributed by atoms with Gasteiger partial charge in [0.15, 0.2) is 5.84 Å². The fourth-order valence-electron chi connectivity index (χ4n) is 1.83. The Morgan fingerprint density at radius 3 is 2.67 bits per heavy atom. The average Bonchev–Trinajstić information content (AvgIpc) is 2.87. The first-order valence-electron chi connectivity index (χ1n) is 5.89. The van der Waals surface area contributed by atoms with E-state index in [1.807, 2.05) is 31.4 Å². The molecular weight excluding hydrogens is 250 g/mol. The number of carbonyl (C=O) groups excluding carboxylic acids is 1.